The Bertz CT molecular complexity index is 669. The molecule has 4 nitrogen and oxygen atoms in total. The fourth-order valence-electron chi connectivity index (χ4n) is 2.76. The number of hydrogen-bond acceptors (Lipinski definition) is 2. The second-order valence-corrected chi connectivity index (χ2v) is 6.45. The highest BCUT2D eigenvalue weighted by molar-refractivity contribution is 5.69. The summed E-state index contributed by atoms with van der Waals surface area (Å²) in [6, 6.07) is 10.1. The molecule has 1 aromatic heterocycles. The largest absolute Gasteiger partial charge is 0.481 e. The predicted molar refractivity (Wildman–Crippen MR) is 80.8 cm³/mol. The highest BCUT2D eigenvalue weighted by atomic mass is 16.4. The second-order valence-electron chi connectivity index (χ2n) is 6.45. The van der Waals surface area contributed by atoms with Crippen molar-refractivity contribution in [2.24, 2.45) is 0 Å². The van der Waals surface area contributed by atoms with Crippen molar-refractivity contribution in [1.29, 1.82) is 0 Å². The monoisotopic (exact) mass is 284 g/mol. The molecule has 1 aliphatic carbocycles. The highest BCUT2D eigenvalue weighted by Crippen LogP contribution is 2.40. The van der Waals surface area contributed by atoms with Crippen LogP contribution in [0.4, 0.5) is 0 Å². The minimum atomic E-state index is -0.775. The molecular weight excluding hydrogens is 264 g/mol. The third kappa shape index (κ3) is 2.84. The van der Waals surface area contributed by atoms with E-state index in [-0.39, 0.29) is 6.42 Å². The van der Waals surface area contributed by atoms with Gasteiger partial charge in [0.05, 0.1) is 12.1 Å². The van der Waals surface area contributed by atoms with E-state index in [4.69, 9.17) is 5.11 Å². The number of carboxylic acid groups (broad SMARTS) is 1. The zero-order chi connectivity index (χ0) is 15.0. The van der Waals surface area contributed by atoms with Crippen LogP contribution in [0.3, 0.4) is 0 Å². The quantitative estimate of drug-likeness (QED) is 0.914. The molecule has 1 aromatic carbocycles. The van der Waals surface area contributed by atoms with Crippen LogP contribution in [0.5, 0.6) is 0 Å². The van der Waals surface area contributed by atoms with E-state index >= 15 is 0 Å². The first-order chi connectivity index (χ1) is 9.97. The van der Waals surface area contributed by atoms with Crippen molar-refractivity contribution in [3.63, 3.8) is 0 Å². The molecule has 1 heterocycles. The van der Waals surface area contributed by atoms with E-state index in [0.29, 0.717) is 5.92 Å². The molecule has 4 heteroatoms. The van der Waals surface area contributed by atoms with Gasteiger partial charge in [-0.1, -0.05) is 26.0 Å². The Morgan fingerprint density at radius 2 is 2.14 bits per heavy atom. The molecule has 0 spiro atoms. The molecule has 110 valence electrons. The van der Waals surface area contributed by atoms with Crippen LogP contribution in [-0.2, 0) is 10.2 Å². The molecule has 0 amide bonds. The SMILES string of the molecule is CC(C)(CC(=O)O)c1cccc(-n2nccc2C2CC2)c1. The molecule has 0 saturated heterocycles. The smallest absolute Gasteiger partial charge is 0.304 e. The van der Waals surface area contributed by atoms with Crippen molar-refractivity contribution in [2.75, 3.05) is 0 Å². The van der Waals surface area contributed by atoms with Crippen molar-refractivity contribution < 1.29 is 9.90 Å². The van der Waals surface area contributed by atoms with Crippen LogP contribution >= 0.6 is 0 Å². The molecule has 21 heavy (non-hydrogen) atoms. The van der Waals surface area contributed by atoms with Crippen LogP contribution in [0.25, 0.3) is 5.69 Å². The van der Waals surface area contributed by atoms with E-state index in [0.717, 1.165) is 11.3 Å². The number of nitrogens with zero attached hydrogens (tertiary/aromatic N) is 2. The Balaban J connectivity index is 1.96. The summed E-state index contributed by atoms with van der Waals surface area (Å²) in [6.07, 6.45) is 4.42. The summed E-state index contributed by atoms with van der Waals surface area (Å²) in [6.45, 7) is 3.93. The molecule has 0 aliphatic heterocycles. The number of aromatic nitrogens is 2. The molecule has 0 atom stereocenters. The van der Waals surface area contributed by atoms with Crippen LogP contribution in [-0.4, -0.2) is 20.9 Å². The van der Waals surface area contributed by atoms with Crippen molar-refractivity contribution in [1.82, 2.24) is 9.78 Å². The van der Waals surface area contributed by atoms with Gasteiger partial charge in [-0.15, -0.1) is 0 Å². The van der Waals surface area contributed by atoms with Crippen molar-refractivity contribution in [3.8, 4) is 5.69 Å². The molecular formula is C17H20N2O2. The first-order valence-corrected chi connectivity index (χ1v) is 7.34. The standard InChI is InChI=1S/C17H20N2O2/c1-17(2,11-16(20)21)13-4-3-5-14(10-13)19-15(8-9-18-19)12-6-7-12/h3-5,8-10,12H,6-7,11H2,1-2H3,(H,20,21). The summed E-state index contributed by atoms with van der Waals surface area (Å²) in [4.78, 5) is 11.0. The summed E-state index contributed by atoms with van der Waals surface area (Å²) in [5, 5.41) is 13.5. The maximum Gasteiger partial charge on any atom is 0.304 e. The van der Waals surface area contributed by atoms with E-state index in [1.54, 1.807) is 0 Å². The Labute approximate surface area is 124 Å². The number of carbonyl (C=O) groups is 1. The molecule has 0 bridgehead atoms. The molecule has 1 saturated carbocycles. The van der Waals surface area contributed by atoms with Crippen LogP contribution < -0.4 is 0 Å². The summed E-state index contributed by atoms with van der Waals surface area (Å²) in [5.74, 6) is -0.147. The van der Waals surface area contributed by atoms with Gasteiger partial charge in [0.2, 0.25) is 0 Å². The van der Waals surface area contributed by atoms with Gasteiger partial charge in [0.25, 0.3) is 0 Å². The van der Waals surface area contributed by atoms with E-state index in [2.05, 4.69) is 17.2 Å². The normalized spacial score (nSPS) is 15.1. The van der Waals surface area contributed by atoms with Gasteiger partial charge in [-0.2, -0.15) is 5.10 Å². The van der Waals surface area contributed by atoms with Gasteiger partial charge in [-0.3, -0.25) is 4.79 Å². The fourth-order valence-corrected chi connectivity index (χ4v) is 2.76. The molecule has 0 unspecified atom stereocenters. The van der Waals surface area contributed by atoms with Crippen molar-refractivity contribution >= 4 is 5.97 Å². The number of benzene rings is 1. The molecule has 1 fully saturated rings. The Morgan fingerprint density at radius 3 is 2.81 bits per heavy atom. The first kappa shape index (κ1) is 13.9. The Morgan fingerprint density at radius 1 is 1.38 bits per heavy atom. The molecule has 2 aromatic rings. The first-order valence-electron chi connectivity index (χ1n) is 7.34. The number of hydrogen-bond donors (Lipinski definition) is 1. The minimum absolute atomic E-state index is 0.116. The minimum Gasteiger partial charge on any atom is -0.481 e. The Hall–Kier alpha value is -2.10. The summed E-state index contributed by atoms with van der Waals surface area (Å²) < 4.78 is 1.98. The van der Waals surface area contributed by atoms with Crippen LogP contribution in [0, 0.1) is 0 Å². The average Bonchev–Trinajstić information content (AvgIpc) is 3.15. The van der Waals surface area contributed by atoms with Gasteiger partial charge in [0.1, 0.15) is 0 Å². The lowest BCUT2D eigenvalue weighted by Crippen LogP contribution is -2.22. The Kier molecular flexibility index (Phi) is 3.32. The predicted octanol–water partition coefficient (Wildman–Crippen LogP) is 3.50. The zero-order valence-electron chi connectivity index (χ0n) is 12.4. The number of rotatable bonds is 5. The van der Waals surface area contributed by atoms with Crippen LogP contribution in [0.1, 0.15) is 50.3 Å². The van der Waals surface area contributed by atoms with Crippen LogP contribution in [0.15, 0.2) is 36.5 Å². The maximum atomic E-state index is 11.0. The van der Waals surface area contributed by atoms with Crippen molar-refractivity contribution in [3.05, 3.63) is 47.8 Å². The molecule has 0 radical (unpaired) electrons. The lowest BCUT2D eigenvalue weighted by Gasteiger charge is -2.23. The number of carboxylic acids is 1. The van der Waals surface area contributed by atoms with Gasteiger partial charge < -0.3 is 5.11 Å². The van der Waals surface area contributed by atoms with E-state index in [1.165, 1.54) is 18.5 Å². The summed E-state index contributed by atoms with van der Waals surface area (Å²) in [5.41, 5.74) is 2.90. The van der Waals surface area contributed by atoms with E-state index < -0.39 is 11.4 Å². The maximum absolute atomic E-state index is 11.0. The van der Waals surface area contributed by atoms with Gasteiger partial charge in [-0.25, -0.2) is 4.68 Å². The zero-order valence-corrected chi connectivity index (χ0v) is 12.4. The third-order valence-electron chi connectivity index (χ3n) is 4.13. The van der Waals surface area contributed by atoms with Gasteiger partial charge in [0, 0.05) is 23.2 Å². The molecule has 3 rings (SSSR count). The molecule has 1 N–H and O–H groups in total. The summed E-state index contributed by atoms with van der Waals surface area (Å²) in [7, 11) is 0. The third-order valence-corrected chi connectivity index (χ3v) is 4.13. The van der Waals surface area contributed by atoms with Crippen LogP contribution in [0.2, 0.25) is 0 Å². The topological polar surface area (TPSA) is 55.1 Å². The lowest BCUT2D eigenvalue weighted by molar-refractivity contribution is -0.138. The van der Waals surface area contributed by atoms with Gasteiger partial charge in [0.15, 0.2) is 0 Å². The second kappa shape index (κ2) is 5.02. The average molecular weight is 284 g/mol. The van der Waals surface area contributed by atoms with Gasteiger partial charge in [-0.05, 0) is 36.6 Å². The van der Waals surface area contributed by atoms with E-state index in [9.17, 15) is 4.79 Å². The number of aliphatic carboxylic acids is 1. The molecule has 1 aliphatic rings. The fraction of sp³-hybridized carbons (Fsp3) is 0.412. The highest BCUT2D eigenvalue weighted by Gasteiger charge is 2.28. The van der Waals surface area contributed by atoms with Crippen molar-refractivity contribution in [2.45, 2.75) is 44.4 Å². The van der Waals surface area contributed by atoms with Gasteiger partial charge >= 0.3 is 5.97 Å². The lowest BCUT2D eigenvalue weighted by atomic mass is 9.81. The van der Waals surface area contributed by atoms with E-state index in [1.807, 2.05) is 42.9 Å². The summed E-state index contributed by atoms with van der Waals surface area (Å²) >= 11 is 0.